The number of nitrogens with zero attached hydrogens (tertiary/aromatic N) is 2. The Bertz CT molecular complexity index is 545. The molecule has 2 atom stereocenters. The van der Waals surface area contributed by atoms with Gasteiger partial charge in [-0.1, -0.05) is 0 Å². The molecule has 3 rings (SSSR count). The molecule has 1 amide bonds. The third-order valence-electron chi connectivity index (χ3n) is 4.00. The van der Waals surface area contributed by atoms with Gasteiger partial charge in [0.1, 0.15) is 6.54 Å². The van der Waals surface area contributed by atoms with E-state index in [9.17, 15) is 9.59 Å². The van der Waals surface area contributed by atoms with Gasteiger partial charge in [0.25, 0.3) is 5.56 Å². The SMILES string of the molecule is O=C(Cn1cc(Br)ccc1=O)N1C[C@H]2CNC[C@H]2C1. The van der Waals surface area contributed by atoms with Gasteiger partial charge in [-0.3, -0.25) is 9.59 Å². The van der Waals surface area contributed by atoms with E-state index in [4.69, 9.17) is 0 Å². The van der Waals surface area contributed by atoms with Crippen molar-refractivity contribution in [3.8, 4) is 0 Å². The Morgan fingerprint density at radius 1 is 1.32 bits per heavy atom. The Labute approximate surface area is 119 Å². The molecule has 2 aliphatic heterocycles. The third-order valence-corrected chi connectivity index (χ3v) is 4.46. The number of nitrogens with one attached hydrogen (secondary N) is 1. The predicted octanol–water partition coefficient (Wildman–Crippen LogP) is 0.289. The lowest BCUT2D eigenvalue weighted by molar-refractivity contribution is -0.131. The number of hydrogen-bond acceptors (Lipinski definition) is 3. The molecule has 2 fully saturated rings. The highest BCUT2D eigenvalue weighted by Crippen LogP contribution is 2.26. The quantitative estimate of drug-likeness (QED) is 0.850. The lowest BCUT2D eigenvalue weighted by Gasteiger charge is -2.18. The Kier molecular flexibility index (Phi) is 3.45. The minimum Gasteiger partial charge on any atom is -0.340 e. The average molecular weight is 326 g/mol. The molecule has 102 valence electrons. The van der Waals surface area contributed by atoms with Crippen LogP contribution in [0.4, 0.5) is 0 Å². The van der Waals surface area contributed by atoms with Crippen molar-refractivity contribution < 1.29 is 4.79 Å². The second-order valence-electron chi connectivity index (χ2n) is 5.29. The highest BCUT2D eigenvalue weighted by molar-refractivity contribution is 9.10. The fraction of sp³-hybridized carbons (Fsp3) is 0.538. The van der Waals surface area contributed by atoms with Crippen LogP contribution in [-0.4, -0.2) is 41.6 Å². The normalized spacial score (nSPS) is 25.6. The predicted molar refractivity (Wildman–Crippen MR) is 74.8 cm³/mol. The van der Waals surface area contributed by atoms with Crippen LogP contribution in [0.5, 0.6) is 0 Å². The number of carbonyl (C=O) groups excluding carboxylic acids is 1. The lowest BCUT2D eigenvalue weighted by Crippen LogP contribution is -2.36. The van der Waals surface area contributed by atoms with E-state index in [0.29, 0.717) is 11.8 Å². The van der Waals surface area contributed by atoms with Crippen LogP contribution in [0.2, 0.25) is 0 Å². The third kappa shape index (κ3) is 2.60. The Balaban J connectivity index is 1.69. The molecule has 0 aliphatic carbocycles. The minimum atomic E-state index is -0.141. The van der Waals surface area contributed by atoms with Crippen molar-refractivity contribution in [3.05, 3.63) is 33.2 Å². The summed E-state index contributed by atoms with van der Waals surface area (Å²) in [5.41, 5.74) is -0.141. The smallest absolute Gasteiger partial charge is 0.251 e. The molecule has 2 aliphatic rings. The molecule has 1 aromatic heterocycles. The first kappa shape index (κ1) is 12.9. The Morgan fingerprint density at radius 2 is 2.00 bits per heavy atom. The summed E-state index contributed by atoms with van der Waals surface area (Å²) in [6.07, 6.45) is 1.67. The molecular weight excluding hydrogens is 310 g/mol. The van der Waals surface area contributed by atoms with Gasteiger partial charge < -0.3 is 14.8 Å². The number of pyridine rings is 1. The summed E-state index contributed by atoms with van der Waals surface area (Å²) in [4.78, 5) is 25.8. The van der Waals surface area contributed by atoms with Crippen molar-refractivity contribution in [1.29, 1.82) is 0 Å². The zero-order chi connectivity index (χ0) is 13.4. The molecular formula is C13H16BrN3O2. The maximum atomic E-state index is 12.2. The van der Waals surface area contributed by atoms with Crippen molar-refractivity contribution >= 4 is 21.8 Å². The summed E-state index contributed by atoms with van der Waals surface area (Å²) >= 11 is 3.32. The van der Waals surface area contributed by atoms with Gasteiger partial charge in [-0.15, -0.1) is 0 Å². The number of halogens is 1. The van der Waals surface area contributed by atoms with E-state index in [-0.39, 0.29) is 18.0 Å². The first-order valence-electron chi connectivity index (χ1n) is 6.48. The molecule has 0 bridgehead atoms. The summed E-state index contributed by atoms with van der Waals surface area (Å²) in [7, 11) is 0. The van der Waals surface area contributed by atoms with Gasteiger partial charge in [-0.2, -0.15) is 0 Å². The van der Waals surface area contributed by atoms with E-state index in [1.54, 1.807) is 12.3 Å². The second-order valence-corrected chi connectivity index (χ2v) is 6.21. The van der Waals surface area contributed by atoms with Crippen molar-refractivity contribution in [1.82, 2.24) is 14.8 Å². The standard InChI is InChI=1S/C13H16BrN3O2/c14-11-1-2-12(18)17(7-11)8-13(19)16-5-9-3-15-4-10(9)6-16/h1-2,7,9-10,15H,3-6,8H2/t9-,10+. The van der Waals surface area contributed by atoms with Crippen LogP contribution in [0.3, 0.4) is 0 Å². The van der Waals surface area contributed by atoms with Crippen LogP contribution >= 0.6 is 15.9 Å². The van der Waals surface area contributed by atoms with Crippen molar-refractivity contribution in [2.45, 2.75) is 6.54 Å². The van der Waals surface area contributed by atoms with E-state index in [1.807, 2.05) is 4.90 Å². The topological polar surface area (TPSA) is 54.3 Å². The molecule has 0 unspecified atom stereocenters. The van der Waals surface area contributed by atoms with Crippen LogP contribution in [-0.2, 0) is 11.3 Å². The number of rotatable bonds is 2. The largest absolute Gasteiger partial charge is 0.340 e. The molecule has 0 aromatic carbocycles. The highest BCUT2D eigenvalue weighted by atomic mass is 79.9. The van der Waals surface area contributed by atoms with Gasteiger partial charge in [0.15, 0.2) is 0 Å². The molecule has 6 heteroatoms. The average Bonchev–Trinajstić information content (AvgIpc) is 2.94. The van der Waals surface area contributed by atoms with E-state index in [0.717, 1.165) is 30.7 Å². The number of fused-ring (bicyclic) bond motifs is 1. The summed E-state index contributed by atoms with van der Waals surface area (Å²) < 4.78 is 2.26. The Hall–Kier alpha value is -1.14. The van der Waals surface area contributed by atoms with Crippen molar-refractivity contribution in [3.63, 3.8) is 0 Å². The number of carbonyl (C=O) groups is 1. The molecule has 0 saturated carbocycles. The maximum absolute atomic E-state index is 12.2. The lowest BCUT2D eigenvalue weighted by atomic mass is 10.0. The van der Waals surface area contributed by atoms with Gasteiger partial charge in [0.05, 0.1) is 0 Å². The summed E-state index contributed by atoms with van der Waals surface area (Å²) in [5.74, 6) is 1.21. The molecule has 0 radical (unpaired) electrons. The van der Waals surface area contributed by atoms with Gasteiger partial charge in [0, 0.05) is 42.9 Å². The Morgan fingerprint density at radius 3 is 2.68 bits per heavy atom. The number of aromatic nitrogens is 1. The highest BCUT2D eigenvalue weighted by Gasteiger charge is 2.37. The zero-order valence-corrected chi connectivity index (χ0v) is 12.1. The van der Waals surface area contributed by atoms with Gasteiger partial charge in [-0.05, 0) is 33.8 Å². The fourth-order valence-corrected chi connectivity index (χ4v) is 3.31. The fourth-order valence-electron chi connectivity index (χ4n) is 2.93. The van der Waals surface area contributed by atoms with Gasteiger partial charge in [0.2, 0.25) is 5.91 Å². The summed E-state index contributed by atoms with van der Waals surface area (Å²) in [6, 6.07) is 3.16. The van der Waals surface area contributed by atoms with Crippen LogP contribution in [0.25, 0.3) is 0 Å². The molecule has 5 nitrogen and oxygen atoms in total. The minimum absolute atomic E-state index is 0.0367. The van der Waals surface area contributed by atoms with E-state index >= 15 is 0 Å². The number of hydrogen-bond donors (Lipinski definition) is 1. The molecule has 1 N–H and O–H groups in total. The van der Waals surface area contributed by atoms with Gasteiger partial charge >= 0.3 is 0 Å². The van der Waals surface area contributed by atoms with E-state index in [1.165, 1.54) is 10.6 Å². The molecule has 19 heavy (non-hydrogen) atoms. The first-order chi connectivity index (χ1) is 9.13. The second kappa shape index (κ2) is 5.09. The van der Waals surface area contributed by atoms with E-state index in [2.05, 4.69) is 21.2 Å². The van der Waals surface area contributed by atoms with Gasteiger partial charge in [-0.25, -0.2) is 0 Å². The monoisotopic (exact) mass is 325 g/mol. The summed E-state index contributed by atoms with van der Waals surface area (Å²) in [5, 5.41) is 3.35. The maximum Gasteiger partial charge on any atom is 0.251 e. The molecule has 1 aromatic rings. The number of likely N-dealkylation sites (tertiary alicyclic amines) is 1. The van der Waals surface area contributed by atoms with Crippen LogP contribution < -0.4 is 10.9 Å². The first-order valence-corrected chi connectivity index (χ1v) is 7.27. The number of amides is 1. The molecule has 3 heterocycles. The van der Waals surface area contributed by atoms with Crippen LogP contribution in [0.15, 0.2) is 27.6 Å². The zero-order valence-electron chi connectivity index (χ0n) is 10.5. The van der Waals surface area contributed by atoms with Crippen LogP contribution in [0, 0.1) is 11.8 Å². The molecule has 0 spiro atoms. The molecule has 2 saturated heterocycles. The van der Waals surface area contributed by atoms with Crippen molar-refractivity contribution in [2.24, 2.45) is 11.8 Å². The van der Waals surface area contributed by atoms with Crippen LogP contribution in [0.1, 0.15) is 0 Å². The van der Waals surface area contributed by atoms with Crippen molar-refractivity contribution in [2.75, 3.05) is 26.2 Å². The summed E-state index contributed by atoms with van der Waals surface area (Å²) in [6.45, 7) is 3.78. The van der Waals surface area contributed by atoms with E-state index < -0.39 is 0 Å².